The zero-order valence-corrected chi connectivity index (χ0v) is 59.5. The zero-order valence-electron chi connectivity index (χ0n) is 57.7. The molecular weight excluding hydrogens is 1170 g/mol. The number of unbranched alkanes of at least 4 members (excludes halogenated alkanes) is 38. The first-order chi connectivity index (χ1) is 42.9. The molecule has 0 radical (unpaired) electrons. The Balaban J connectivity index is 5.23. The summed E-state index contributed by atoms with van der Waals surface area (Å²) in [5, 5.41) is 10.6. The number of ether oxygens (including phenoxy) is 4. The molecule has 0 fully saturated rings. The lowest BCUT2D eigenvalue weighted by atomic mass is 10.00. The minimum Gasteiger partial charge on any atom is -0.462 e. The Morgan fingerprint density at radius 2 is 0.573 bits per heavy atom. The van der Waals surface area contributed by atoms with Crippen molar-refractivity contribution in [1.82, 2.24) is 0 Å². The second-order valence-corrected chi connectivity index (χ2v) is 28.9. The predicted molar refractivity (Wildman–Crippen MR) is 358 cm³/mol. The fourth-order valence-corrected chi connectivity index (χ4v) is 12.1. The van der Waals surface area contributed by atoms with Crippen LogP contribution >= 0.6 is 15.6 Å². The monoisotopic (exact) mass is 1310 g/mol. The van der Waals surface area contributed by atoms with Crippen molar-refractivity contribution < 1.29 is 80.2 Å². The van der Waals surface area contributed by atoms with E-state index >= 15 is 0 Å². The van der Waals surface area contributed by atoms with Gasteiger partial charge >= 0.3 is 39.5 Å². The molecule has 0 aromatic heterocycles. The highest BCUT2D eigenvalue weighted by atomic mass is 31.2. The van der Waals surface area contributed by atoms with E-state index in [1.54, 1.807) is 0 Å². The highest BCUT2D eigenvalue weighted by Crippen LogP contribution is 2.45. The van der Waals surface area contributed by atoms with Crippen molar-refractivity contribution in [1.29, 1.82) is 0 Å². The maximum atomic E-state index is 13.0. The lowest BCUT2D eigenvalue weighted by Crippen LogP contribution is -2.30. The van der Waals surface area contributed by atoms with Crippen LogP contribution in [-0.2, 0) is 65.4 Å². The van der Waals surface area contributed by atoms with E-state index in [1.807, 2.05) is 0 Å². The normalized spacial score (nSPS) is 14.4. The van der Waals surface area contributed by atoms with Crippen LogP contribution in [0.1, 0.15) is 356 Å². The molecule has 17 nitrogen and oxygen atoms in total. The molecule has 0 aromatic carbocycles. The lowest BCUT2D eigenvalue weighted by Gasteiger charge is -2.21. The third-order valence-electron chi connectivity index (χ3n) is 16.6. The van der Waals surface area contributed by atoms with E-state index in [-0.39, 0.29) is 25.7 Å². The molecule has 0 saturated heterocycles. The van der Waals surface area contributed by atoms with Crippen molar-refractivity contribution in [3.05, 3.63) is 0 Å². The van der Waals surface area contributed by atoms with Gasteiger partial charge in [0.25, 0.3) is 0 Å². The van der Waals surface area contributed by atoms with Gasteiger partial charge in [0.1, 0.15) is 19.3 Å². The molecule has 0 saturated carbocycles. The summed E-state index contributed by atoms with van der Waals surface area (Å²) >= 11 is 0. The van der Waals surface area contributed by atoms with Gasteiger partial charge in [-0.15, -0.1) is 0 Å². The number of phosphoric ester groups is 2. The summed E-state index contributed by atoms with van der Waals surface area (Å²) in [5.41, 5.74) is 0. The molecule has 0 aliphatic carbocycles. The Morgan fingerprint density at radius 3 is 0.854 bits per heavy atom. The molecule has 0 aliphatic rings. The molecule has 0 bridgehead atoms. The second-order valence-electron chi connectivity index (χ2n) is 26.0. The van der Waals surface area contributed by atoms with Crippen LogP contribution < -0.4 is 0 Å². The van der Waals surface area contributed by atoms with Crippen LogP contribution in [0.2, 0.25) is 0 Å². The second kappa shape index (κ2) is 62.2. The maximum absolute atomic E-state index is 13.0. The van der Waals surface area contributed by atoms with E-state index in [2.05, 4.69) is 41.5 Å². The van der Waals surface area contributed by atoms with E-state index in [1.165, 1.54) is 167 Å². The molecule has 0 amide bonds. The Hall–Kier alpha value is -1.94. The topological polar surface area (TPSA) is 237 Å². The molecule has 19 heteroatoms. The first-order valence-electron chi connectivity index (χ1n) is 36.5. The van der Waals surface area contributed by atoms with E-state index < -0.39 is 97.5 Å². The smallest absolute Gasteiger partial charge is 0.462 e. The van der Waals surface area contributed by atoms with Crippen LogP contribution in [0.5, 0.6) is 0 Å². The zero-order chi connectivity index (χ0) is 65.7. The number of hydrogen-bond acceptors (Lipinski definition) is 15. The van der Waals surface area contributed by atoms with Gasteiger partial charge in [0, 0.05) is 25.7 Å². The summed E-state index contributed by atoms with van der Waals surface area (Å²) in [6, 6.07) is 0. The van der Waals surface area contributed by atoms with E-state index in [0.29, 0.717) is 31.6 Å². The van der Waals surface area contributed by atoms with Crippen molar-refractivity contribution in [3.63, 3.8) is 0 Å². The fourth-order valence-electron chi connectivity index (χ4n) is 10.6. The third-order valence-corrected chi connectivity index (χ3v) is 18.5. The van der Waals surface area contributed by atoms with Gasteiger partial charge in [0.15, 0.2) is 12.2 Å². The average Bonchev–Trinajstić information content (AvgIpc) is 3.56. The molecule has 0 spiro atoms. The van der Waals surface area contributed by atoms with Gasteiger partial charge in [-0.3, -0.25) is 37.3 Å². The number of esters is 4. The average molecular weight is 1310 g/mol. The number of aliphatic hydroxyl groups excluding tert-OH is 1. The minimum absolute atomic E-state index is 0.103. The van der Waals surface area contributed by atoms with Crippen LogP contribution in [0.15, 0.2) is 0 Å². The first kappa shape index (κ1) is 87.1. The summed E-state index contributed by atoms with van der Waals surface area (Å²) in [7, 11) is -9.90. The third kappa shape index (κ3) is 63.2. The summed E-state index contributed by atoms with van der Waals surface area (Å²) in [6.07, 6.45) is 47.3. The van der Waals surface area contributed by atoms with Gasteiger partial charge in [-0.05, 0) is 37.5 Å². The molecule has 3 unspecified atom stereocenters. The van der Waals surface area contributed by atoms with Crippen LogP contribution in [0.25, 0.3) is 0 Å². The number of carbonyl (C=O) groups excluding carboxylic acids is 4. The molecule has 0 aromatic rings. The fraction of sp³-hybridized carbons (Fsp3) is 0.943. The maximum Gasteiger partial charge on any atom is 0.472 e. The summed E-state index contributed by atoms with van der Waals surface area (Å²) < 4.78 is 68.2. The summed E-state index contributed by atoms with van der Waals surface area (Å²) in [5.74, 6) is -0.700. The van der Waals surface area contributed by atoms with Crippen LogP contribution in [0.3, 0.4) is 0 Å². The van der Waals surface area contributed by atoms with Gasteiger partial charge in [0.2, 0.25) is 0 Å². The van der Waals surface area contributed by atoms with Gasteiger partial charge in [-0.1, -0.05) is 305 Å². The largest absolute Gasteiger partial charge is 0.472 e. The van der Waals surface area contributed by atoms with Gasteiger partial charge in [-0.2, -0.15) is 0 Å². The number of phosphoric acid groups is 2. The standard InChI is InChI=1S/C70H136O17P2/c1-7-10-12-14-16-18-20-22-23-24-25-26-28-30-34-42-48-54-69(74)86-65(58-80-67(72)52-46-40-33-29-27-21-19-17-15-13-11-8-2)60-84-88(76,77)82-56-64(71)57-83-89(78,79)85-61-66(87-70(75)55-49-43-35-31-32-38-44-50-62(4)5)59-81-68(73)53-47-41-37-36-39-45-51-63(6)9-3/h62-66,71H,7-61H2,1-6H3,(H,76,77)(H,78,79)/t63?,64-,65-,66-/m1/s1. The van der Waals surface area contributed by atoms with E-state index in [4.69, 9.17) is 37.0 Å². The highest BCUT2D eigenvalue weighted by molar-refractivity contribution is 7.47. The Kier molecular flexibility index (Phi) is 60.8. The predicted octanol–water partition coefficient (Wildman–Crippen LogP) is 20.0. The summed E-state index contributed by atoms with van der Waals surface area (Å²) in [4.78, 5) is 72.5. The highest BCUT2D eigenvalue weighted by Gasteiger charge is 2.30. The molecule has 89 heavy (non-hydrogen) atoms. The molecule has 6 atom stereocenters. The van der Waals surface area contributed by atoms with Crippen LogP contribution in [0.4, 0.5) is 0 Å². The number of hydrogen-bond donors (Lipinski definition) is 3. The van der Waals surface area contributed by atoms with E-state index in [0.717, 1.165) is 102 Å². The van der Waals surface area contributed by atoms with Gasteiger partial charge in [0.05, 0.1) is 26.4 Å². The molecule has 3 N–H and O–H groups in total. The van der Waals surface area contributed by atoms with Crippen LogP contribution in [-0.4, -0.2) is 96.7 Å². The number of aliphatic hydroxyl groups is 1. The van der Waals surface area contributed by atoms with Crippen molar-refractivity contribution >= 4 is 39.5 Å². The number of carbonyl (C=O) groups is 4. The summed E-state index contributed by atoms with van der Waals surface area (Å²) in [6.45, 7) is 9.44. The quantitative estimate of drug-likeness (QED) is 0.0222. The first-order valence-corrected chi connectivity index (χ1v) is 39.5. The molecule has 0 heterocycles. The molecule has 528 valence electrons. The van der Waals surface area contributed by atoms with Gasteiger partial charge in [-0.25, -0.2) is 9.13 Å². The van der Waals surface area contributed by atoms with Crippen molar-refractivity contribution in [3.8, 4) is 0 Å². The lowest BCUT2D eigenvalue weighted by molar-refractivity contribution is -0.161. The van der Waals surface area contributed by atoms with E-state index in [9.17, 15) is 43.2 Å². The molecule has 0 rings (SSSR count). The minimum atomic E-state index is -4.95. The van der Waals surface area contributed by atoms with Crippen molar-refractivity contribution in [2.45, 2.75) is 374 Å². The van der Waals surface area contributed by atoms with Gasteiger partial charge < -0.3 is 33.8 Å². The Morgan fingerprint density at radius 1 is 0.326 bits per heavy atom. The van der Waals surface area contributed by atoms with Crippen molar-refractivity contribution in [2.24, 2.45) is 11.8 Å². The SMILES string of the molecule is CCCCCCCCCCCCCCCCCCCC(=O)O[C@H](COC(=O)CCCCCCCCCCCCCC)COP(=O)(O)OC[C@@H](O)COP(=O)(O)OC[C@@H](COC(=O)CCCCCCCCC(C)CC)OC(=O)CCCCCCCCCC(C)C. The van der Waals surface area contributed by atoms with Crippen LogP contribution in [0, 0.1) is 11.8 Å². The molecular formula is C70H136O17P2. The number of rotatable bonds is 69. The Labute approximate surface area is 543 Å². The molecule has 0 aliphatic heterocycles. The van der Waals surface area contributed by atoms with Crippen molar-refractivity contribution in [2.75, 3.05) is 39.6 Å². The Bertz CT molecular complexity index is 1740.